The van der Waals surface area contributed by atoms with E-state index in [2.05, 4.69) is 15.1 Å². The topological polar surface area (TPSA) is 68.1 Å². The van der Waals surface area contributed by atoms with Crippen LogP contribution in [0.15, 0.2) is 84.4 Å². The van der Waals surface area contributed by atoms with Crippen molar-refractivity contribution in [3.63, 3.8) is 0 Å². The van der Waals surface area contributed by atoms with Gasteiger partial charge in [-0.2, -0.15) is 0 Å². The number of anilines is 1. The number of fused-ring (bicyclic) bond motifs is 1. The monoisotopic (exact) mass is 546 g/mol. The van der Waals surface area contributed by atoms with Gasteiger partial charge in [-0.3, -0.25) is 4.40 Å². The van der Waals surface area contributed by atoms with Crippen LogP contribution in [0.25, 0.3) is 16.2 Å². The molecule has 2 amide bonds. The number of benzene rings is 3. The van der Waals surface area contributed by atoms with Crippen LogP contribution in [0.1, 0.15) is 11.3 Å². The molecule has 0 spiro atoms. The van der Waals surface area contributed by atoms with E-state index < -0.39 is 0 Å². The van der Waals surface area contributed by atoms with Crippen LogP contribution >= 0.6 is 22.9 Å². The van der Waals surface area contributed by atoms with E-state index in [0.717, 1.165) is 27.5 Å². The largest absolute Gasteiger partial charge is 0.497 e. The van der Waals surface area contributed by atoms with E-state index in [1.165, 1.54) is 0 Å². The molecule has 0 unspecified atom stereocenters. The first-order chi connectivity index (χ1) is 18.5. The summed E-state index contributed by atoms with van der Waals surface area (Å²) >= 11 is 7.63. The second kappa shape index (κ2) is 11.6. The van der Waals surface area contributed by atoms with E-state index in [1.54, 1.807) is 43.8 Å². The zero-order valence-electron chi connectivity index (χ0n) is 21.1. The summed E-state index contributed by atoms with van der Waals surface area (Å²) in [4.78, 5) is 21.0. The Morgan fingerprint density at radius 3 is 2.42 bits per heavy atom. The Bertz CT molecular complexity index is 1510. The summed E-state index contributed by atoms with van der Waals surface area (Å²) in [5.74, 6) is 1.21. The van der Waals surface area contributed by atoms with E-state index in [-0.39, 0.29) is 6.03 Å². The molecule has 194 valence electrons. The van der Waals surface area contributed by atoms with Crippen molar-refractivity contribution in [2.75, 3.05) is 26.1 Å². The molecule has 7 nitrogen and oxygen atoms in total. The molecule has 0 atom stereocenters. The molecule has 9 heteroatoms. The van der Waals surface area contributed by atoms with Gasteiger partial charge in [-0.15, -0.1) is 11.3 Å². The lowest BCUT2D eigenvalue weighted by Crippen LogP contribution is -2.36. The lowest BCUT2D eigenvalue weighted by atomic mass is 10.2. The van der Waals surface area contributed by atoms with Crippen molar-refractivity contribution in [2.24, 2.45) is 0 Å². The van der Waals surface area contributed by atoms with Crippen LogP contribution < -0.4 is 14.8 Å². The Labute approximate surface area is 230 Å². The van der Waals surface area contributed by atoms with Gasteiger partial charge in [0.25, 0.3) is 0 Å². The highest BCUT2D eigenvalue weighted by Crippen LogP contribution is 2.27. The van der Waals surface area contributed by atoms with Gasteiger partial charge < -0.3 is 19.7 Å². The number of aromatic nitrogens is 2. The predicted octanol–water partition coefficient (Wildman–Crippen LogP) is 7.01. The minimum absolute atomic E-state index is 0.205. The Morgan fingerprint density at radius 1 is 1.03 bits per heavy atom. The van der Waals surface area contributed by atoms with Crippen molar-refractivity contribution in [3.05, 3.63) is 101 Å². The number of amides is 2. The zero-order chi connectivity index (χ0) is 26.5. The number of imidazole rings is 1. The second-order valence-corrected chi connectivity index (χ2v) is 9.97. The first kappa shape index (κ1) is 25.6. The molecule has 2 heterocycles. The molecule has 0 aliphatic carbocycles. The second-order valence-electron chi connectivity index (χ2n) is 8.70. The molecule has 0 aliphatic rings. The summed E-state index contributed by atoms with van der Waals surface area (Å²) in [6.45, 7) is 0.989. The van der Waals surface area contributed by atoms with E-state index in [9.17, 15) is 4.79 Å². The van der Waals surface area contributed by atoms with Crippen LogP contribution in [0.5, 0.6) is 11.5 Å². The van der Waals surface area contributed by atoms with Crippen molar-refractivity contribution in [1.29, 1.82) is 0 Å². The zero-order valence-corrected chi connectivity index (χ0v) is 22.6. The van der Waals surface area contributed by atoms with Gasteiger partial charge in [-0.25, -0.2) is 9.78 Å². The van der Waals surface area contributed by atoms with Crippen LogP contribution in [0.3, 0.4) is 0 Å². The summed E-state index contributed by atoms with van der Waals surface area (Å²) in [6.07, 6.45) is 2.70. The number of methoxy groups -OCH3 is 2. The lowest BCUT2D eigenvalue weighted by molar-refractivity contribution is 0.209. The molecular weight excluding hydrogens is 520 g/mol. The number of rotatable bonds is 9. The van der Waals surface area contributed by atoms with Gasteiger partial charge in [0.2, 0.25) is 0 Å². The minimum Gasteiger partial charge on any atom is -0.497 e. The maximum atomic E-state index is 13.5. The lowest BCUT2D eigenvalue weighted by Gasteiger charge is -2.23. The van der Waals surface area contributed by atoms with Gasteiger partial charge in [0, 0.05) is 71.3 Å². The van der Waals surface area contributed by atoms with E-state index in [4.69, 9.17) is 26.1 Å². The third-order valence-corrected chi connectivity index (χ3v) is 7.31. The van der Waals surface area contributed by atoms with Crippen molar-refractivity contribution < 1.29 is 14.3 Å². The molecule has 0 aliphatic heterocycles. The summed E-state index contributed by atoms with van der Waals surface area (Å²) in [6, 6.07) is 22.7. The number of hydrogen-bond donors (Lipinski definition) is 1. The fourth-order valence-electron chi connectivity index (χ4n) is 4.16. The Kier molecular flexibility index (Phi) is 7.81. The molecule has 38 heavy (non-hydrogen) atoms. The molecule has 1 N–H and O–H groups in total. The van der Waals surface area contributed by atoms with Crippen LogP contribution in [-0.4, -0.2) is 41.1 Å². The van der Waals surface area contributed by atoms with Gasteiger partial charge in [0.15, 0.2) is 4.96 Å². The normalized spacial score (nSPS) is 10.9. The Hall–Kier alpha value is -4.01. The third kappa shape index (κ3) is 5.93. The number of nitrogens with one attached hydrogen (secondary N) is 1. The fourth-order valence-corrected chi connectivity index (χ4v) is 5.19. The van der Waals surface area contributed by atoms with Gasteiger partial charge >= 0.3 is 6.03 Å². The molecule has 5 rings (SSSR count). The molecule has 2 aromatic heterocycles. The number of carbonyl (C=O) groups is 1. The minimum atomic E-state index is -0.205. The molecule has 3 aromatic carbocycles. The maximum Gasteiger partial charge on any atom is 0.322 e. The Morgan fingerprint density at radius 2 is 1.74 bits per heavy atom. The van der Waals surface area contributed by atoms with Crippen LogP contribution in [0.4, 0.5) is 10.5 Å². The van der Waals surface area contributed by atoms with Crippen molar-refractivity contribution in [3.8, 4) is 22.8 Å². The van der Waals surface area contributed by atoms with Crippen molar-refractivity contribution in [2.45, 2.75) is 13.0 Å². The summed E-state index contributed by atoms with van der Waals surface area (Å²) < 4.78 is 12.8. The Balaban J connectivity index is 1.36. The molecule has 0 saturated carbocycles. The van der Waals surface area contributed by atoms with Crippen LogP contribution in [0, 0.1) is 0 Å². The van der Waals surface area contributed by atoms with Crippen molar-refractivity contribution in [1.82, 2.24) is 14.3 Å². The average molecular weight is 547 g/mol. The molecule has 5 aromatic rings. The quantitative estimate of drug-likeness (QED) is 0.216. The standard InChI is InChI=1S/C29H27ClN4O3S/c1-36-25-14-23(15-26(16-25)37-2)31-28(35)33(17-20-6-4-3-5-7-20)13-12-24-19-38-29-32-27(18-34(24)29)21-8-10-22(30)11-9-21/h3-11,14-16,18-19H,12-13,17H2,1-2H3,(H,31,35). The van der Waals surface area contributed by atoms with E-state index >= 15 is 0 Å². The predicted molar refractivity (Wildman–Crippen MR) is 153 cm³/mol. The van der Waals surface area contributed by atoms with Gasteiger partial charge in [0.05, 0.1) is 19.9 Å². The molecule has 0 radical (unpaired) electrons. The van der Waals surface area contributed by atoms with E-state index in [0.29, 0.717) is 41.7 Å². The fraction of sp³-hybridized carbons (Fsp3) is 0.172. The van der Waals surface area contributed by atoms with Crippen LogP contribution in [-0.2, 0) is 13.0 Å². The maximum absolute atomic E-state index is 13.5. The molecule has 0 bridgehead atoms. The summed E-state index contributed by atoms with van der Waals surface area (Å²) in [7, 11) is 3.16. The average Bonchev–Trinajstić information content (AvgIpc) is 3.53. The third-order valence-electron chi connectivity index (χ3n) is 6.17. The first-order valence-electron chi connectivity index (χ1n) is 12.1. The highest BCUT2D eigenvalue weighted by Gasteiger charge is 2.17. The van der Waals surface area contributed by atoms with Gasteiger partial charge in [-0.1, -0.05) is 54.1 Å². The number of carbonyl (C=O) groups excluding carboxylic acids is 1. The number of hydrogen-bond acceptors (Lipinski definition) is 5. The first-order valence-corrected chi connectivity index (χ1v) is 13.3. The number of halogens is 1. The number of thiazole rings is 1. The summed E-state index contributed by atoms with van der Waals surface area (Å²) in [5, 5.41) is 5.80. The van der Waals surface area contributed by atoms with Crippen LogP contribution in [0.2, 0.25) is 5.02 Å². The smallest absolute Gasteiger partial charge is 0.322 e. The number of ether oxygens (including phenoxy) is 2. The highest BCUT2D eigenvalue weighted by atomic mass is 35.5. The summed E-state index contributed by atoms with van der Waals surface area (Å²) in [5.41, 5.74) is 4.64. The van der Waals surface area contributed by atoms with E-state index in [1.807, 2.05) is 65.7 Å². The molecule has 0 fully saturated rings. The number of nitrogens with zero attached hydrogens (tertiary/aromatic N) is 3. The molecular formula is C29H27ClN4O3S. The van der Waals surface area contributed by atoms with Gasteiger partial charge in [-0.05, 0) is 17.7 Å². The van der Waals surface area contributed by atoms with Gasteiger partial charge in [0.1, 0.15) is 11.5 Å². The SMILES string of the molecule is COc1cc(NC(=O)N(CCc2csc3nc(-c4ccc(Cl)cc4)cn23)Cc2ccccc2)cc(OC)c1. The number of urea groups is 1. The van der Waals surface area contributed by atoms with Crippen molar-refractivity contribution >= 4 is 39.6 Å². The molecule has 0 saturated heterocycles. The highest BCUT2D eigenvalue weighted by molar-refractivity contribution is 7.15.